The number of methoxy groups -OCH3 is 1. The van der Waals surface area contributed by atoms with Gasteiger partial charge in [-0.2, -0.15) is 0 Å². The van der Waals surface area contributed by atoms with Crippen molar-refractivity contribution in [2.24, 2.45) is 0 Å². The number of benzene rings is 2. The van der Waals surface area contributed by atoms with Gasteiger partial charge in [0.25, 0.3) is 0 Å². The van der Waals surface area contributed by atoms with Crippen LogP contribution >= 0.6 is 11.6 Å². The van der Waals surface area contributed by atoms with Gasteiger partial charge in [0.1, 0.15) is 5.69 Å². The Hall–Kier alpha value is -2.57. The van der Waals surface area contributed by atoms with Crippen LogP contribution in [0.25, 0.3) is 16.9 Å². The van der Waals surface area contributed by atoms with E-state index >= 15 is 0 Å². The quantitative estimate of drug-likeness (QED) is 0.531. The minimum atomic E-state index is -3.22. The zero-order chi connectivity index (χ0) is 21.2. The summed E-state index contributed by atoms with van der Waals surface area (Å²) >= 11 is 6.40. The lowest BCUT2D eigenvalue weighted by Gasteiger charge is -2.15. The summed E-state index contributed by atoms with van der Waals surface area (Å²) < 4.78 is 30.1. The van der Waals surface area contributed by atoms with E-state index in [9.17, 15) is 13.2 Å². The molecule has 3 aromatic rings. The normalized spacial score (nSPS) is 11.4. The number of aromatic nitrogens is 1. The predicted molar refractivity (Wildman–Crippen MR) is 115 cm³/mol. The lowest BCUT2D eigenvalue weighted by Crippen LogP contribution is -2.10. The highest BCUT2D eigenvalue weighted by atomic mass is 35.5. The van der Waals surface area contributed by atoms with Gasteiger partial charge >= 0.3 is 5.97 Å². The van der Waals surface area contributed by atoms with Gasteiger partial charge in [-0.3, -0.25) is 0 Å². The Morgan fingerprint density at radius 1 is 1.07 bits per heavy atom. The first kappa shape index (κ1) is 21.1. The Kier molecular flexibility index (Phi) is 6.15. The lowest BCUT2D eigenvalue weighted by atomic mass is 10.1. The van der Waals surface area contributed by atoms with Crippen molar-refractivity contribution in [2.75, 3.05) is 13.4 Å². The van der Waals surface area contributed by atoms with Gasteiger partial charge in [-0.1, -0.05) is 54.9 Å². The van der Waals surface area contributed by atoms with Gasteiger partial charge in [-0.15, -0.1) is 0 Å². The van der Waals surface area contributed by atoms with Crippen LogP contribution in [0.3, 0.4) is 0 Å². The number of carbonyl (C=O) groups is 1. The van der Waals surface area contributed by atoms with E-state index in [0.717, 1.165) is 23.2 Å². The van der Waals surface area contributed by atoms with Gasteiger partial charge in [0.2, 0.25) is 0 Å². The number of hydrogen-bond donors (Lipinski definition) is 0. The maximum Gasteiger partial charge on any atom is 0.355 e. The maximum absolute atomic E-state index is 12.5. The molecule has 29 heavy (non-hydrogen) atoms. The molecule has 2 aromatic carbocycles. The number of nitrogens with zero attached hydrogens (tertiary/aromatic N) is 1. The third-order valence-corrected chi connectivity index (χ3v) is 5.80. The number of carbonyl (C=O) groups excluding carboxylic acids is 1. The Morgan fingerprint density at radius 2 is 1.76 bits per heavy atom. The molecule has 0 aliphatic carbocycles. The molecule has 0 unspecified atom stereocenters. The van der Waals surface area contributed by atoms with Crippen LogP contribution in [-0.2, 0) is 26.7 Å². The van der Waals surface area contributed by atoms with Crippen LogP contribution < -0.4 is 0 Å². The topological polar surface area (TPSA) is 65.4 Å². The molecule has 0 spiro atoms. The molecule has 0 N–H and O–H groups in total. The number of esters is 1. The van der Waals surface area contributed by atoms with E-state index in [1.807, 2.05) is 47.9 Å². The summed E-state index contributed by atoms with van der Waals surface area (Å²) in [6.45, 7) is 2.02. The van der Waals surface area contributed by atoms with E-state index in [2.05, 4.69) is 0 Å². The van der Waals surface area contributed by atoms with Crippen molar-refractivity contribution in [2.45, 2.75) is 19.1 Å². The lowest BCUT2D eigenvalue weighted by molar-refractivity contribution is 0.0592. The highest BCUT2D eigenvalue weighted by Gasteiger charge is 2.23. The molecular formula is C22H22ClNO4S. The van der Waals surface area contributed by atoms with Crippen LogP contribution in [0.5, 0.6) is 0 Å². The van der Waals surface area contributed by atoms with Crippen LogP contribution in [0.1, 0.15) is 28.5 Å². The number of sulfone groups is 1. The SMILES string of the molecule is CCc1cc(C(=O)OC)n(-c2ccc(CS(C)(=O)=O)c(Cl)c2)c1-c1ccccc1. The fourth-order valence-electron chi connectivity index (χ4n) is 3.34. The van der Waals surface area contributed by atoms with Crippen LogP contribution in [-0.4, -0.2) is 32.3 Å². The number of hydrogen-bond acceptors (Lipinski definition) is 4. The van der Waals surface area contributed by atoms with Gasteiger partial charge in [-0.25, -0.2) is 13.2 Å². The Morgan fingerprint density at radius 3 is 2.31 bits per heavy atom. The molecule has 7 heteroatoms. The zero-order valence-electron chi connectivity index (χ0n) is 16.5. The highest BCUT2D eigenvalue weighted by Crippen LogP contribution is 2.33. The summed E-state index contributed by atoms with van der Waals surface area (Å²) in [6, 6.07) is 16.7. The molecule has 0 fully saturated rings. The number of halogens is 1. The summed E-state index contributed by atoms with van der Waals surface area (Å²) in [7, 11) is -1.88. The predicted octanol–water partition coefficient (Wildman–Crippen LogP) is 4.69. The van der Waals surface area contributed by atoms with E-state index in [0.29, 0.717) is 22.0 Å². The Labute approximate surface area is 175 Å². The van der Waals surface area contributed by atoms with Crippen molar-refractivity contribution in [1.29, 1.82) is 0 Å². The van der Waals surface area contributed by atoms with Gasteiger partial charge in [0.05, 0.1) is 18.6 Å². The van der Waals surface area contributed by atoms with Crippen molar-refractivity contribution in [3.05, 3.63) is 76.4 Å². The van der Waals surface area contributed by atoms with Crippen LogP contribution in [0, 0.1) is 0 Å². The summed E-state index contributed by atoms with van der Waals surface area (Å²) in [4.78, 5) is 12.5. The highest BCUT2D eigenvalue weighted by molar-refractivity contribution is 7.89. The monoisotopic (exact) mass is 431 g/mol. The summed E-state index contributed by atoms with van der Waals surface area (Å²) in [5, 5.41) is 0.328. The maximum atomic E-state index is 12.5. The average Bonchev–Trinajstić information content (AvgIpc) is 3.08. The van der Waals surface area contributed by atoms with Crippen LogP contribution in [0.4, 0.5) is 0 Å². The Balaban J connectivity index is 2.26. The number of ether oxygens (including phenoxy) is 1. The Bertz CT molecular complexity index is 1150. The average molecular weight is 432 g/mol. The van der Waals surface area contributed by atoms with Gasteiger partial charge in [-0.05, 0) is 41.3 Å². The molecule has 1 aromatic heterocycles. The third-order valence-electron chi connectivity index (χ3n) is 4.61. The third kappa shape index (κ3) is 4.54. The summed E-state index contributed by atoms with van der Waals surface area (Å²) in [5.41, 5.74) is 4.38. The largest absolute Gasteiger partial charge is 0.464 e. The number of rotatable bonds is 6. The molecule has 0 aliphatic rings. The molecular weight excluding hydrogens is 410 g/mol. The van der Waals surface area contributed by atoms with Gasteiger partial charge in [0, 0.05) is 17.0 Å². The van der Waals surface area contributed by atoms with Crippen molar-refractivity contribution in [3.63, 3.8) is 0 Å². The molecule has 0 atom stereocenters. The second-order valence-electron chi connectivity index (χ2n) is 6.80. The van der Waals surface area contributed by atoms with E-state index in [1.165, 1.54) is 13.4 Å². The van der Waals surface area contributed by atoms with Crippen molar-refractivity contribution in [3.8, 4) is 16.9 Å². The molecule has 152 valence electrons. The fraction of sp³-hybridized carbons (Fsp3) is 0.227. The molecule has 0 saturated carbocycles. The van der Waals surface area contributed by atoms with Gasteiger partial charge < -0.3 is 9.30 Å². The van der Waals surface area contributed by atoms with Crippen molar-refractivity contribution >= 4 is 27.4 Å². The molecule has 0 saturated heterocycles. The van der Waals surface area contributed by atoms with Crippen LogP contribution in [0.2, 0.25) is 5.02 Å². The minimum Gasteiger partial charge on any atom is -0.464 e. The molecule has 0 aliphatic heterocycles. The van der Waals surface area contributed by atoms with E-state index in [4.69, 9.17) is 16.3 Å². The van der Waals surface area contributed by atoms with Crippen molar-refractivity contribution in [1.82, 2.24) is 4.57 Å². The molecule has 5 nitrogen and oxygen atoms in total. The molecule has 1 heterocycles. The van der Waals surface area contributed by atoms with Crippen molar-refractivity contribution < 1.29 is 17.9 Å². The van der Waals surface area contributed by atoms with E-state index < -0.39 is 15.8 Å². The molecule has 0 radical (unpaired) electrons. The van der Waals surface area contributed by atoms with Crippen LogP contribution in [0.15, 0.2) is 54.6 Å². The first-order valence-electron chi connectivity index (χ1n) is 9.10. The smallest absolute Gasteiger partial charge is 0.355 e. The van der Waals surface area contributed by atoms with E-state index in [1.54, 1.807) is 18.2 Å². The molecule has 0 amide bonds. The molecule has 0 bridgehead atoms. The summed E-state index contributed by atoms with van der Waals surface area (Å²) in [5.74, 6) is -0.605. The minimum absolute atomic E-state index is 0.145. The number of aryl methyl sites for hydroxylation is 1. The zero-order valence-corrected chi connectivity index (χ0v) is 18.0. The first-order chi connectivity index (χ1) is 13.7. The standard InChI is InChI=1S/C22H22ClNO4S/c1-4-15-12-20(22(25)28-2)24(21(15)16-8-6-5-7-9-16)18-11-10-17(19(23)13-18)14-29(3,26)27/h5-13H,4,14H2,1-3H3. The van der Waals surface area contributed by atoms with E-state index in [-0.39, 0.29) is 5.75 Å². The fourth-order valence-corrected chi connectivity index (χ4v) is 4.48. The summed E-state index contributed by atoms with van der Waals surface area (Å²) in [6.07, 6.45) is 1.89. The second-order valence-corrected chi connectivity index (χ2v) is 9.34. The van der Waals surface area contributed by atoms with Gasteiger partial charge in [0.15, 0.2) is 9.84 Å². The second kappa shape index (κ2) is 8.43. The molecule has 3 rings (SSSR count). The first-order valence-corrected chi connectivity index (χ1v) is 11.5.